The number of fused-ring (bicyclic) bond motifs is 3. The minimum Gasteiger partial charge on any atom is -0.491 e. The summed E-state index contributed by atoms with van der Waals surface area (Å²) >= 11 is 0. The second kappa shape index (κ2) is 8.09. The van der Waals surface area contributed by atoms with Crippen LogP contribution in [0, 0.1) is 0 Å². The lowest BCUT2D eigenvalue weighted by atomic mass is 10.1. The van der Waals surface area contributed by atoms with E-state index in [0.717, 1.165) is 0 Å². The number of imidazole rings is 1. The van der Waals surface area contributed by atoms with Gasteiger partial charge in [-0.1, -0.05) is 6.07 Å². The van der Waals surface area contributed by atoms with Crippen LogP contribution < -0.4 is 4.74 Å². The first kappa shape index (κ1) is 21.5. The number of benzene rings is 1. The monoisotopic (exact) mass is 449 g/mol. The molecule has 0 amide bonds. The molecule has 0 saturated carbocycles. The Morgan fingerprint density at radius 3 is 2.75 bits per heavy atom. The summed E-state index contributed by atoms with van der Waals surface area (Å²) in [7, 11) is 0. The molecule has 0 aliphatic carbocycles. The van der Waals surface area contributed by atoms with Gasteiger partial charge in [0.25, 0.3) is 0 Å². The quantitative estimate of drug-likeness (QED) is 0.446. The number of esters is 2. The fourth-order valence-corrected chi connectivity index (χ4v) is 3.33. The van der Waals surface area contributed by atoms with Crippen molar-refractivity contribution in [2.45, 2.75) is 39.0 Å². The van der Waals surface area contributed by atoms with Gasteiger partial charge in [-0.05, 0) is 31.5 Å². The van der Waals surface area contributed by atoms with Crippen LogP contribution in [0.25, 0.3) is 22.9 Å². The number of aromatic nitrogens is 5. The Labute approximate surface area is 179 Å². The average molecular weight is 449 g/mol. The lowest BCUT2D eigenvalue weighted by Gasteiger charge is -2.10. The van der Waals surface area contributed by atoms with Gasteiger partial charge in [0.05, 0.1) is 18.5 Å². The van der Waals surface area contributed by atoms with Gasteiger partial charge in [0, 0.05) is 12.2 Å². The third-order valence-electron chi connectivity index (χ3n) is 4.73. The van der Waals surface area contributed by atoms with E-state index in [1.54, 1.807) is 16.8 Å². The number of ether oxygens (including phenoxy) is 2. The summed E-state index contributed by atoms with van der Waals surface area (Å²) in [5.74, 6) is -2.21. The Bertz CT molecular complexity index is 1180. The van der Waals surface area contributed by atoms with Gasteiger partial charge in [0.2, 0.25) is 0 Å². The van der Waals surface area contributed by atoms with E-state index in [2.05, 4.69) is 19.8 Å². The van der Waals surface area contributed by atoms with Crippen molar-refractivity contribution < 1.29 is 32.2 Å². The van der Waals surface area contributed by atoms with Crippen molar-refractivity contribution in [1.29, 1.82) is 0 Å². The van der Waals surface area contributed by atoms with Gasteiger partial charge in [-0.25, -0.2) is 19.4 Å². The SMILES string of the molecule is CC(C)n1ncnc1-c1cn2c(n1)-c1cc(CC(=O)OC(=O)C(F)(F)F)ccc1OCC2. The Hall–Kier alpha value is -3.70. The Kier molecular flexibility index (Phi) is 5.45. The highest BCUT2D eigenvalue weighted by molar-refractivity contribution is 5.89. The van der Waals surface area contributed by atoms with Crippen LogP contribution in [0.4, 0.5) is 13.2 Å². The van der Waals surface area contributed by atoms with Crippen molar-refractivity contribution in [1.82, 2.24) is 24.3 Å². The van der Waals surface area contributed by atoms with Gasteiger partial charge in [-0.3, -0.25) is 4.79 Å². The Morgan fingerprint density at radius 2 is 2.03 bits per heavy atom. The number of hydrogen-bond donors (Lipinski definition) is 0. The molecule has 12 heteroatoms. The first-order valence-electron chi connectivity index (χ1n) is 9.68. The Morgan fingerprint density at radius 1 is 1.25 bits per heavy atom. The standard InChI is InChI=1S/C20H18F3N5O4/c1-11(2)28-18(24-10-25-28)14-9-27-5-6-31-15-4-3-12(7-13(15)17(27)26-14)8-16(29)32-19(30)20(21,22)23/h3-4,7,9-11H,5-6,8H2,1-2H3. The van der Waals surface area contributed by atoms with E-state index in [1.807, 2.05) is 24.6 Å². The van der Waals surface area contributed by atoms with E-state index in [4.69, 9.17) is 4.74 Å². The maximum atomic E-state index is 12.3. The number of hydrogen-bond acceptors (Lipinski definition) is 7. The molecule has 168 valence electrons. The summed E-state index contributed by atoms with van der Waals surface area (Å²) in [5, 5.41) is 4.22. The van der Waals surface area contributed by atoms with Crippen LogP contribution in [-0.2, 0) is 27.3 Å². The molecule has 0 saturated heterocycles. The van der Waals surface area contributed by atoms with Gasteiger partial charge in [0.15, 0.2) is 5.82 Å². The summed E-state index contributed by atoms with van der Waals surface area (Å²) in [6.07, 6.45) is -2.50. The highest BCUT2D eigenvalue weighted by Gasteiger charge is 2.42. The van der Waals surface area contributed by atoms with E-state index in [1.165, 1.54) is 12.4 Å². The van der Waals surface area contributed by atoms with E-state index in [0.29, 0.717) is 47.4 Å². The van der Waals surface area contributed by atoms with Gasteiger partial charge in [-0.15, -0.1) is 0 Å². The van der Waals surface area contributed by atoms with Crippen LogP contribution in [-0.4, -0.2) is 49.0 Å². The number of nitrogens with zero attached hydrogens (tertiary/aromatic N) is 5. The first-order valence-corrected chi connectivity index (χ1v) is 9.68. The molecule has 9 nitrogen and oxygen atoms in total. The zero-order chi connectivity index (χ0) is 23.0. The first-order chi connectivity index (χ1) is 15.1. The Balaban J connectivity index is 1.65. The molecule has 4 rings (SSSR count). The van der Waals surface area contributed by atoms with Gasteiger partial charge < -0.3 is 14.0 Å². The number of alkyl halides is 3. The van der Waals surface area contributed by atoms with Crippen LogP contribution in [0.1, 0.15) is 25.5 Å². The molecule has 3 aromatic rings. The third kappa shape index (κ3) is 4.20. The summed E-state index contributed by atoms with van der Waals surface area (Å²) in [5.41, 5.74) is 1.49. The summed E-state index contributed by atoms with van der Waals surface area (Å²) in [6, 6.07) is 4.77. The summed E-state index contributed by atoms with van der Waals surface area (Å²) in [4.78, 5) is 31.7. The highest BCUT2D eigenvalue weighted by Crippen LogP contribution is 2.34. The molecular formula is C20H18F3N5O4. The molecule has 0 spiro atoms. The topological polar surface area (TPSA) is 101 Å². The van der Waals surface area contributed by atoms with Crippen LogP contribution in [0.15, 0.2) is 30.7 Å². The van der Waals surface area contributed by atoms with Crippen LogP contribution in [0.3, 0.4) is 0 Å². The highest BCUT2D eigenvalue weighted by atomic mass is 19.4. The van der Waals surface area contributed by atoms with Crippen molar-refractivity contribution in [3.63, 3.8) is 0 Å². The maximum absolute atomic E-state index is 12.3. The average Bonchev–Trinajstić information content (AvgIpc) is 3.32. The number of carbonyl (C=O) groups excluding carboxylic acids is 2. The van der Waals surface area contributed by atoms with Crippen LogP contribution in [0.2, 0.25) is 0 Å². The van der Waals surface area contributed by atoms with Crippen LogP contribution >= 0.6 is 0 Å². The third-order valence-corrected chi connectivity index (χ3v) is 4.73. The molecule has 1 aliphatic heterocycles. The molecule has 1 aliphatic rings. The fourth-order valence-electron chi connectivity index (χ4n) is 3.33. The van der Waals surface area contributed by atoms with Crippen molar-refractivity contribution >= 4 is 11.9 Å². The predicted molar refractivity (Wildman–Crippen MR) is 103 cm³/mol. The summed E-state index contributed by atoms with van der Waals surface area (Å²) in [6.45, 7) is 4.81. The van der Waals surface area contributed by atoms with Gasteiger partial charge in [0.1, 0.15) is 30.2 Å². The van der Waals surface area contributed by atoms with E-state index in [9.17, 15) is 22.8 Å². The van der Waals surface area contributed by atoms with Crippen molar-refractivity contribution in [3.05, 3.63) is 36.3 Å². The van der Waals surface area contributed by atoms with E-state index < -0.39 is 24.5 Å². The molecule has 0 N–H and O–H groups in total. The largest absolute Gasteiger partial charge is 0.491 e. The van der Waals surface area contributed by atoms with Gasteiger partial charge >= 0.3 is 18.1 Å². The summed E-state index contributed by atoms with van der Waals surface area (Å²) < 4.78 is 50.2. The molecule has 1 aromatic carbocycles. The lowest BCUT2D eigenvalue weighted by Crippen LogP contribution is -2.28. The van der Waals surface area contributed by atoms with Crippen molar-refractivity contribution in [2.24, 2.45) is 0 Å². The predicted octanol–water partition coefficient (Wildman–Crippen LogP) is 2.96. The smallest absolute Gasteiger partial charge is 0.491 e. The number of halogens is 3. The zero-order valence-electron chi connectivity index (χ0n) is 17.1. The molecule has 0 atom stereocenters. The van der Waals surface area contributed by atoms with E-state index in [-0.39, 0.29) is 6.04 Å². The molecule has 2 aromatic heterocycles. The maximum Gasteiger partial charge on any atom is 0.491 e. The van der Waals surface area contributed by atoms with Crippen molar-refractivity contribution in [2.75, 3.05) is 6.61 Å². The molecular weight excluding hydrogens is 431 g/mol. The molecule has 0 unspecified atom stereocenters. The normalized spacial score (nSPS) is 13.2. The molecule has 0 fully saturated rings. The van der Waals surface area contributed by atoms with Crippen LogP contribution in [0.5, 0.6) is 5.75 Å². The van der Waals surface area contributed by atoms with E-state index >= 15 is 0 Å². The minimum absolute atomic E-state index is 0.0710. The molecule has 0 bridgehead atoms. The van der Waals surface area contributed by atoms with Crippen molar-refractivity contribution in [3.8, 4) is 28.7 Å². The number of rotatable bonds is 4. The number of carbonyl (C=O) groups is 2. The van der Waals surface area contributed by atoms with Gasteiger partial charge in [-0.2, -0.15) is 18.3 Å². The lowest BCUT2D eigenvalue weighted by molar-refractivity contribution is -0.201. The second-order valence-electron chi connectivity index (χ2n) is 7.38. The minimum atomic E-state index is -5.24. The molecule has 0 radical (unpaired) electrons. The zero-order valence-corrected chi connectivity index (χ0v) is 17.1. The molecule has 32 heavy (non-hydrogen) atoms. The second-order valence-corrected chi connectivity index (χ2v) is 7.38. The fraction of sp³-hybridized carbons (Fsp3) is 0.350. The molecule has 3 heterocycles.